The highest BCUT2D eigenvalue weighted by Crippen LogP contribution is 2.42. The van der Waals surface area contributed by atoms with Crippen molar-refractivity contribution < 1.29 is 38.0 Å². The van der Waals surface area contributed by atoms with Gasteiger partial charge in [-0.2, -0.15) is 0 Å². The molecule has 1 saturated carbocycles. The number of esters is 1. The second-order valence-electron chi connectivity index (χ2n) is 9.63. The van der Waals surface area contributed by atoms with Gasteiger partial charge in [0.1, 0.15) is 18.5 Å². The number of carbonyl (C=O) groups is 1. The summed E-state index contributed by atoms with van der Waals surface area (Å²) in [4.78, 5) is 11.7. The van der Waals surface area contributed by atoms with Crippen LogP contribution in [-0.2, 0) is 14.3 Å². The summed E-state index contributed by atoms with van der Waals surface area (Å²) in [5.74, 6) is -1.41. The number of carbonyl (C=O) groups excluding carboxylic acids is 1. The number of benzene rings is 1. The van der Waals surface area contributed by atoms with Crippen LogP contribution in [0.5, 0.6) is 5.75 Å². The van der Waals surface area contributed by atoms with Crippen molar-refractivity contribution in [3.63, 3.8) is 0 Å². The first-order valence-electron chi connectivity index (χ1n) is 12.2. The first kappa shape index (κ1) is 26.6. The molecule has 1 heterocycles. The minimum atomic E-state index is -1.03. The van der Waals surface area contributed by atoms with E-state index >= 15 is 0 Å². The van der Waals surface area contributed by atoms with Gasteiger partial charge in [0.15, 0.2) is 11.6 Å². The van der Waals surface area contributed by atoms with Gasteiger partial charge in [0.05, 0.1) is 18.3 Å². The minimum Gasteiger partial charge on any atom is -0.487 e. The third-order valence-corrected chi connectivity index (χ3v) is 6.56. The van der Waals surface area contributed by atoms with Gasteiger partial charge in [-0.3, -0.25) is 4.79 Å². The highest BCUT2D eigenvalue weighted by atomic mass is 19.1. The van der Waals surface area contributed by atoms with E-state index in [1.807, 2.05) is 13.8 Å². The quantitative estimate of drug-likeness (QED) is 0.385. The van der Waals surface area contributed by atoms with Crippen LogP contribution in [0.4, 0.5) is 8.78 Å². The lowest BCUT2D eigenvalue weighted by molar-refractivity contribution is -0.147. The molecule has 2 fully saturated rings. The van der Waals surface area contributed by atoms with Gasteiger partial charge in [0.25, 0.3) is 0 Å². The van der Waals surface area contributed by atoms with E-state index in [2.05, 4.69) is 0 Å². The molecule has 6 unspecified atom stereocenters. The summed E-state index contributed by atoms with van der Waals surface area (Å²) in [6.07, 6.45) is 6.02. The largest absolute Gasteiger partial charge is 0.487 e. The van der Waals surface area contributed by atoms with E-state index < -0.39 is 23.8 Å². The molecule has 190 valence electrons. The fourth-order valence-electron chi connectivity index (χ4n) is 4.87. The topological polar surface area (TPSA) is 85.2 Å². The molecular weight excluding hydrogens is 446 g/mol. The Bertz CT molecular complexity index is 830. The number of aliphatic hydroxyl groups is 2. The predicted molar refractivity (Wildman–Crippen MR) is 122 cm³/mol. The van der Waals surface area contributed by atoms with E-state index in [1.54, 1.807) is 6.08 Å². The molecule has 6 nitrogen and oxygen atoms in total. The Balaban J connectivity index is 1.47. The maximum atomic E-state index is 13.7. The SMILES string of the molecule is CC(C)OC(=O)CCCC1CCC2C(CC(O)C2C=CC(O)COc2cc(F)ccc2F)OC1. The Labute approximate surface area is 199 Å². The molecule has 2 N–H and O–H groups in total. The number of aliphatic hydroxyl groups excluding tert-OH is 2. The van der Waals surface area contributed by atoms with Crippen LogP contribution in [0.25, 0.3) is 0 Å². The number of halogens is 2. The lowest BCUT2D eigenvalue weighted by Gasteiger charge is -2.21. The van der Waals surface area contributed by atoms with E-state index in [4.69, 9.17) is 14.2 Å². The average Bonchev–Trinajstić information content (AvgIpc) is 2.94. The molecule has 0 bridgehead atoms. The summed E-state index contributed by atoms with van der Waals surface area (Å²) >= 11 is 0. The normalized spacial score (nSPS) is 28.0. The van der Waals surface area contributed by atoms with Gasteiger partial charge in [-0.25, -0.2) is 8.78 Å². The fraction of sp³-hybridized carbons (Fsp3) is 0.654. The van der Waals surface area contributed by atoms with E-state index in [0.717, 1.165) is 43.9 Å². The summed E-state index contributed by atoms with van der Waals surface area (Å²) in [7, 11) is 0. The van der Waals surface area contributed by atoms with Crippen LogP contribution in [0.3, 0.4) is 0 Å². The average molecular weight is 483 g/mol. The zero-order chi connectivity index (χ0) is 24.7. The predicted octanol–water partition coefficient (Wildman–Crippen LogP) is 4.17. The van der Waals surface area contributed by atoms with Crippen molar-refractivity contribution in [2.24, 2.45) is 17.8 Å². The second kappa shape index (κ2) is 12.6. The number of ether oxygens (including phenoxy) is 3. The maximum absolute atomic E-state index is 13.7. The van der Waals surface area contributed by atoms with E-state index in [1.165, 1.54) is 6.08 Å². The van der Waals surface area contributed by atoms with Crippen LogP contribution < -0.4 is 4.74 Å². The third-order valence-electron chi connectivity index (χ3n) is 6.56. The molecule has 1 saturated heterocycles. The Morgan fingerprint density at radius 2 is 2.09 bits per heavy atom. The zero-order valence-corrected chi connectivity index (χ0v) is 19.9. The van der Waals surface area contributed by atoms with Gasteiger partial charge in [-0.1, -0.05) is 12.2 Å². The van der Waals surface area contributed by atoms with E-state index in [0.29, 0.717) is 25.4 Å². The van der Waals surface area contributed by atoms with Crippen molar-refractivity contribution in [3.8, 4) is 5.75 Å². The first-order valence-corrected chi connectivity index (χ1v) is 12.2. The van der Waals surface area contributed by atoms with Gasteiger partial charge < -0.3 is 24.4 Å². The molecule has 1 aliphatic heterocycles. The second-order valence-corrected chi connectivity index (χ2v) is 9.63. The monoisotopic (exact) mass is 482 g/mol. The van der Waals surface area contributed by atoms with Crippen LogP contribution in [0.1, 0.15) is 52.4 Å². The van der Waals surface area contributed by atoms with Crippen LogP contribution >= 0.6 is 0 Å². The van der Waals surface area contributed by atoms with Crippen molar-refractivity contribution in [2.45, 2.75) is 76.8 Å². The molecule has 6 atom stereocenters. The summed E-state index contributed by atoms with van der Waals surface area (Å²) in [5.41, 5.74) is 0. The Morgan fingerprint density at radius 3 is 2.85 bits per heavy atom. The Hall–Kier alpha value is -2.03. The van der Waals surface area contributed by atoms with Gasteiger partial charge in [0.2, 0.25) is 0 Å². The number of hydrogen-bond acceptors (Lipinski definition) is 6. The van der Waals surface area contributed by atoms with Crippen LogP contribution in [0.15, 0.2) is 30.4 Å². The van der Waals surface area contributed by atoms with E-state index in [9.17, 15) is 23.8 Å². The van der Waals surface area contributed by atoms with Crippen molar-refractivity contribution in [3.05, 3.63) is 42.0 Å². The van der Waals surface area contributed by atoms with Crippen molar-refractivity contribution in [1.29, 1.82) is 0 Å². The minimum absolute atomic E-state index is 0.0460. The highest BCUT2D eigenvalue weighted by molar-refractivity contribution is 5.69. The maximum Gasteiger partial charge on any atom is 0.306 e. The fourth-order valence-corrected chi connectivity index (χ4v) is 4.87. The molecule has 34 heavy (non-hydrogen) atoms. The summed E-state index contributed by atoms with van der Waals surface area (Å²) in [5, 5.41) is 20.8. The molecule has 8 heteroatoms. The van der Waals surface area contributed by atoms with Gasteiger partial charge in [-0.15, -0.1) is 0 Å². The molecule has 3 rings (SSSR count). The Kier molecular flexibility index (Phi) is 9.85. The van der Waals surface area contributed by atoms with E-state index in [-0.39, 0.29) is 42.4 Å². The van der Waals surface area contributed by atoms with Crippen molar-refractivity contribution >= 4 is 5.97 Å². The molecule has 0 radical (unpaired) electrons. The van der Waals surface area contributed by atoms with Gasteiger partial charge in [-0.05, 0) is 63.5 Å². The molecule has 0 spiro atoms. The molecule has 2 aliphatic rings. The highest BCUT2D eigenvalue weighted by Gasteiger charge is 2.43. The first-order chi connectivity index (χ1) is 16.2. The zero-order valence-electron chi connectivity index (χ0n) is 19.9. The molecule has 0 amide bonds. The number of rotatable bonds is 10. The Morgan fingerprint density at radius 1 is 1.29 bits per heavy atom. The molecule has 1 aliphatic carbocycles. The smallest absolute Gasteiger partial charge is 0.306 e. The molecule has 1 aromatic rings. The number of hydrogen-bond donors (Lipinski definition) is 2. The van der Waals surface area contributed by atoms with Crippen LogP contribution in [-0.4, -0.2) is 53.8 Å². The molecular formula is C26H36F2O6. The van der Waals surface area contributed by atoms with Crippen LogP contribution in [0.2, 0.25) is 0 Å². The number of fused-ring (bicyclic) bond motifs is 1. The van der Waals surface area contributed by atoms with Gasteiger partial charge in [0, 0.05) is 31.4 Å². The summed E-state index contributed by atoms with van der Waals surface area (Å²) in [6, 6.07) is 2.90. The third kappa shape index (κ3) is 7.75. The molecule has 1 aromatic carbocycles. The van der Waals surface area contributed by atoms with Crippen molar-refractivity contribution in [2.75, 3.05) is 13.2 Å². The van der Waals surface area contributed by atoms with Crippen molar-refractivity contribution in [1.82, 2.24) is 0 Å². The molecule has 0 aromatic heterocycles. The lowest BCUT2D eigenvalue weighted by atomic mass is 9.86. The lowest BCUT2D eigenvalue weighted by Crippen LogP contribution is -2.22. The van der Waals surface area contributed by atoms with Gasteiger partial charge >= 0.3 is 5.97 Å². The summed E-state index contributed by atoms with van der Waals surface area (Å²) < 4.78 is 43.4. The van der Waals surface area contributed by atoms with Crippen LogP contribution in [0, 0.1) is 29.4 Å². The standard InChI is InChI=1S/C26H36F2O6/c1-16(2)34-26(31)5-3-4-17-6-9-21-20(23(30)13-24(21)32-14-17)10-8-19(29)15-33-25-12-18(27)7-11-22(25)28/h7-8,10-12,16-17,19-21,23-24,29-30H,3-6,9,13-15H2,1-2H3. The summed E-state index contributed by atoms with van der Waals surface area (Å²) in [6.45, 7) is 4.06.